The number of hydrogen-bond donors (Lipinski definition) is 1. The van der Waals surface area contributed by atoms with E-state index in [0.717, 1.165) is 64.1 Å². The van der Waals surface area contributed by atoms with Crippen LogP contribution in [-0.4, -0.2) is 42.3 Å². The van der Waals surface area contributed by atoms with Gasteiger partial charge in [0.1, 0.15) is 5.82 Å². The molecule has 0 aromatic heterocycles. The summed E-state index contributed by atoms with van der Waals surface area (Å²) >= 11 is 0. The van der Waals surface area contributed by atoms with Crippen LogP contribution in [0.25, 0.3) is 0 Å². The molecule has 1 saturated heterocycles. The van der Waals surface area contributed by atoms with Crippen molar-refractivity contribution in [3.8, 4) is 0 Å². The van der Waals surface area contributed by atoms with E-state index in [1.165, 1.54) is 50.7 Å². The number of nitrogens with one attached hydrogen (secondary N) is 1. The van der Waals surface area contributed by atoms with Crippen LogP contribution in [0.15, 0.2) is 24.3 Å². The van der Waals surface area contributed by atoms with Crippen molar-refractivity contribution in [2.24, 2.45) is 17.3 Å². The molecule has 182 valence electrons. The first-order valence-electron chi connectivity index (χ1n) is 13.3. The SMILES string of the molecule is CC1(C(=O)NC2CCC(CCN3CCC(C(=O)c4ccc(F)cc4)CC3)CC2)CCCCC1. The zero-order valence-electron chi connectivity index (χ0n) is 20.3. The number of piperidine rings is 1. The van der Waals surface area contributed by atoms with Crippen molar-refractivity contribution in [2.75, 3.05) is 19.6 Å². The minimum absolute atomic E-state index is 0.0665. The fourth-order valence-corrected chi connectivity index (χ4v) is 6.15. The lowest BCUT2D eigenvalue weighted by molar-refractivity contribution is -0.132. The zero-order valence-corrected chi connectivity index (χ0v) is 20.3. The predicted molar refractivity (Wildman–Crippen MR) is 130 cm³/mol. The van der Waals surface area contributed by atoms with Gasteiger partial charge in [0.05, 0.1) is 0 Å². The van der Waals surface area contributed by atoms with Gasteiger partial charge in [-0.15, -0.1) is 0 Å². The highest BCUT2D eigenvalue weighted by Crippen LogP contribution is 2.37. The van der Waals surface area contributed by atoms with Gasteiger partial charge in [-0.2, -0.15) is 0 Å². The third kappa shape index (κ3) is 6.44. The van der Waals surface area contributed by atoms with E-state index in [-0.39, 0.29) is 22.9 Å². The van der Waals surface area contributed by atoms with E-state index < -0.39 is 0 Å². The van der Waals surface area contributed by atoms with Gasteiger partial charge in [0.15, 0.2) is 5.78 Å². The highest BCUT2D eigenvalue weighted by Gasteiger charge is 2.36. The summed E-state index contributed by atoms with van der Waals surface area (Å²) in [7, 11) is 0. The zero-order chi connectivity index (χ0) is 23.3. The summed E-state index contributed by atoms with van der Waals surface area (Å²) in [6.45, 7) is 5.21. The van der Waals surface area contributed by atoms with Gasteiger partial charge in [-0.1, -0.05) is 26.2 Å². The Kier molecular flexibility index (Phi) is 8.21. The number of carbonyl (C=O) groups excluding carboxylic acids is 2. The van der Waals surface area contributed by atoms with Crippen LogP contribution < -0.4 is 5.32 Å². The first-order chi connectivity index (χ1) is 15.9. The molecule has 0 spiro atoms. The first-order valence-corrected chi connectivity index (χ1v) is 13.3. The molecule has 4 nitrogen and oxygen atoms in total. The van der Waals surface area contributed by atoms with Gasteiger partial charge in [0.25, 0.3) is 0 Å². The molecule has 0 bridgehead atoms. The predicted octanol–water partition coefficient (Wildman–Crippen LogP) is 5.76. The number of carbonyl (C=O) groups is 2. The number of likely N-dealkylation sites (tertiary alicyclic amines) is 1. The van der Waals surface area contributed by atoms with Gasteiger partial charge in [-0.05, 0) is 108 Å². The normalized spacial score (nSPS) is 26.6. The van der Waals surface area contributed by atoms with E-state index in [9.17, 15) is 14.0 Å². The monoisotopic (exact) mass is 456 g/mol. The molecule has 1 aromatic carbocycles. The van der Waals surface area contributed by atoms with E-state index in [0.29, 0.717) is 17.5 Å². The van der Waals surface area contributed by atoms with Crippen LogP contribution in [0, 0.1) is 23.1 Å². The summed E-state index contributed by atoms with van der Waals surface area (Å²) in [5, 5.41) is 3.38. The molecule has 1 heterocycles. The Morgan fingerprint density at radius 3 is 2.24 bits per heavy atom. The molecule has 0 atom stereocenters. The fraction of sp³-hybridized carbons (Fsp3) is 0.714. The van der Waals surface area contributed by atoms with E-state index in [1.54, 1.807) is 12.1 Å². The second kappa shape index (κ2) is 11.1. The molecule has 1 aromatic rings. The smallest absolute Gasteiger partial charge is 0.226 e. The Labute approximate surface area is 198 Å². The summed E-state index contributed by atoms with van der Waals surface area (Å²) in [6, 6.07) is 6.33. The molecule has 4 rings (SSSR count). The van der Waals surface area contributed by atoms with Gasteiger partial charge in [0.2, 0.25) is 5.91 Å². The largest absolute Gasteiger partial charge is 0.353 e. The minimum Gasteiger partial charge on any atom is -0.353 e. The lowest BCUT2D eigenvalue weighted by atomic mass is 9.74. The second-order valence-corrected chi connectivity index (χ2v) is 11.1. The van der Waals surface area contributed by atoms with Gasteiger partial charge in [-0.3, -0.25) is 9.59 Å². The van der Waals surface area contributed by atoms with Gasteiger partial charge >= 0.3 is 0 Å². The third-order valence-electron chi connectivity index (χ3n) is 8.63. The molecule has 0 unspecified atom stereocenters. The minimum atomic E-state index is -0.295. The molecule has 1 N–H and O–H groups in total. The maximum absolute atomic E-state index is 13.1. The number of benzene rings is 1. The Morgan fingerprint density at radius 1 is 0.970 bits per heavy atom. The van der Waals surface area contributed by atoms with Gasteiger partial charge < -0.3 is 10.2 Å². The van der Waals surface area contributed by atoms with Crippen LogP contribution in [0.5, 0.6) is 0 Å². The van der Waals surface area contributed by atoms with Crippen molar-refractivity contribution < 1.29 is 14.0 Å². The van der Waals surface area contributed by atoms with Crippen LogP contribution in [0.2, 0.25) is 0 Å². The van der Waals surface area contributed by atoms with E-state index >= 15 is 0 Å². The van der Waals surface area contributed by atoms with Gasteiger partial charge in [-0.25, -0.2) is 4.39 Å². The highest BCUT2D eigenvalue weighted by molar-refractivity contribution is 5.97. The molecule has 2 saturated carbocycles. The second-order valence-electron chi connectivity index (χ2n) is 11.1. The standard InChI is InChI=1S/C28H41FN2O2/c1-28(16-3-2-4-17-28)27(33)30-25-11-5-21(6-12-25)13-18-31-19-14-23(15-20-31)26(32)22-7-9-24(29)10-8-22/h7-10,21,23,25H,2-6,11-20H2,1H3,(H,30,33). The quantitative estimate of drug-likeness (QED) is 0.531. The Hall–Kier alpha value is -1.75. The molecule has 3 fully saturated rings. The summed E-state index contributed by atoms with van der Waals surface area (Å²) in [6.07, 6.45) is 13.4. The highest BCUT2D eigenvalue weighted by atomic mass is 19.1. The number of ketones is 1. The summed E-state index contributed by atoms with van der Waals surface area (Å²) in [4.78, 5) is 28.0. The number of halogens is 1. The number of hydrogen-bond acceptors (Lipinski definition) is 3. The van der Waals surface area contributed by atoms with Crippen LogP contribution in [0.1, 0.15) is 94.3 Å². The number of Topliss-reactive ketones (excluding diaryl/α,β-unsaturated/α-hetero) is 1. The molecular formula is C28H41FN2O2. The topological polar surface area (TPSA) is 49.4 Å². The molecule has 1 aliphatic heterocycles. The summed E-state index contributed by atoms with van der Waals surface area (Å²) in [5.41, 5.74) is 0.496. The average Bonchev–Trinajstić information content (AvgIpc) is 2.84. The number of nitrogens with zero attached hydrogens (tertiary/aromatic N) is 1. The Balaban J connectivity index is 1.13. The molecule has 2 aliphatic carbocycles. The Morgan fingerprint density at radius 2 is 1.61 bits per heavy atom. The van der Waals surface area contributed by atoms with Crippen LogP contribution in [-0.2, 0) is 4.79 Å². The van der Waals surface area contributed by atoms with Crippen molar-refractivity contribution in [3.05, 3.63) is 35.6 Å². The van der Waals surface area contributed by atoms with Gasteiger partial charge in [0, 0.05) is 22.9 Å². The van der Waals surface area contributed by atoms with Crippen molar-refractivity contribution >= 4 is 11.7 Å². The third-order valence-corrected chi connectivity index (χ3v) is 8.63. The van der Waals surface area contributed by atoms with E-state index in [4.69, 9.17) is 0 Å². The molecule has 5 heteroatoms. The molecule has 3 aliphatic rings. The molecular weight excluding hydrogens is 415 g/mol. The van der Waals surface area contributed by atoms with Crippen molar-refractivity contribution in [2.45, 2.75) is 90.0 Å². The summed E-state index contributed by atoms with van der Waals surface area (Å²) < 4.78 is 13.1. The number of amides is 1. The first kappa shape index (κ1) is 24.4. The molecule has 33 heavy (non-hydrogen) atoms. The average molecular weight is 457 g/mol. The van der Waals surface area contributed by atoms with Crippen LogP contribution in [0.4, 0.5) is 4.39 Å². The van der Waals surface area contributed by atoms with Crippen LogP contribution >= 0.6 is 0 Å². The fourth-order valence-electron chi connectivity index (χ4n) is 6.15. The molecule has 1 amide bonds. The Bertz CT molecular complexity index is 787. The van der Waals surface area contributed by atoms with Crippen molar-refractivity contribution in [1.82, 2.24) is 10.2 Å². The maximum Gasteiger partial charge on any atom is 0.226 e. The maximum atomic E-state index is 13.1. The van der Waals surface area contributed by atoms with Crippen LogP contribution in [0.3, 0.4) is 0 Å². The van der Waals surface area contributed by atoms with Crippen molar-refractivity contribution in [3.63, 3.8) is 0 Å². The summed E-state index contributed by atoms with van der Waals surface area (Å²) in [5.74, 6) is 0.982. The van der Waals surface area contributed by atoms with E-state index in [1.807, 2.05) is 0 Å². The molecule has 0 radical (unpaired) electrons. The lowest BCUT2D eigenvalue weighted by Crippen LogP contribution is -2.46. The van der Waals surface area contributed by atoms with Crippen molar-refractivity contribution in [1.29, 1.82) is 0 Å². The van der Waals surface area contributed by atoms with E-state index in [2.05, 4.69) is 17.1 Å². The number of rotatable bonds is 7. The lowest BCUT2D eigenvalue weighted by Gasteiger charge is -2.36.